The Balaban J connectivity index is 1.40. The van der Waals surface area contributed by atoms with Crippen molar-refractivity contribution in [2.75, 3.05) is 31.1 Å². The highest BCUT2D eigenvalue weighted by Crippen LogP contribution is 2.17. The topological polar surface area (TPSA) is 78.7 Å². The first-order valence-corrected chi connectivity index (χ1v) is 8.85. The molecule has 2 amide bonds. The van der Waals surface area contributed by atoms with Gasteiger partial charge in [-0.1, -0.05) is 12.2 Å². The maximum atomic E-state index is 12.4. The van der Waals surface area contributed by atoms with Crippen molar-refractivity contribution >= 4 is 17.5 Å². The number of aromatic nitrogens is 4. The van der Waals surface area contributed by atoms with Crippen molar-refractivity contribution in [2.45, 2.75) is 32.2 Å². The Labute approximate surface area is 146 Å². The molecule has 1 N–H and O–H groups in total. The molecular formula is C17H23N7O. The molecule has 2 aliphatic rings. The first-order chi connectivity index (χ1) is 12.2. The van der Waals surface area contributed by atoms with Crippen molar-refractivity contribution in [1.82, 2.24) is 29.8 Å². The second-order valence-electron chi connectivity index (χ2n) is 6.58. The molecule has 1 atom stereocenters. The number of rotatable bonds is 2. The van der Waals surface area contributed by atoms with Gasteiger partial charge in [-0.3, -0.25) is 4.98 Å². The average molecular weight is 341 g/mol. The fraction of sp³-hybridized carbons (Fsp3) is 0.529. The summed E-state index contributed by atoms with van der Waals surface area (Å²) in [6.45, 7) is 4.76. The third-order valence-electron chi connectivity index (χ3n) is 4.79. The van der Waals surface area contributed by atoms with Gasteiger partial charge in [-0.2, -0.15) is 4.52 Å². The summed E-state index contributed by atoms with van der Waals surface area (Å²) in [7, 11) is 0. The standard InChI is InChI=1S/C17H23N7O/c1-13-19-15-11-18-12-16(24(15)21-13)22-7-9-23(10-8-22)17(25)20-14-5-3-2-4-6-14/h3,5,11-12,14H,2,4,6-10H2,1H3,(H,20,25). The van der Waals surface area contributed by atoms with Crippen LogP contribution in [0.3, 0.4) is 0 Å². The van der Waals surface area contributed by atoms with Gasteiger partial charge in [0.2, 0.25) is 0 Å². The smallest absolute Gasteiger partial charge is 0.317 e. The zero-order chi connectivity index (χ0) is 17.2. The molecule has 4 rings (SSSR count). The zero-order valence-corrected chi connectivity index (χ0v) is 14.4. The van der Waals surface area contributed by atoms with Crippen molar-refractivity contribution in [3.05, 3.63) is 30.4 Å². The van der Waals surface area contributed by atoms with Crippen LogP contribution >= 0.6 is 0 Å². The van der Waals surface area contributed by atoms with Crippen molar-refractivity contribution in [1.29, 1.82) is 0 Å². The number of anilines is 1. The van der Waals surface area contributed by atoms with E-state index in [2.05, 4.69) is 37.4 Å². The number of hydrogen-bond acceptors (Lipinski definition) is 5. The van der Waals surface area contributed by atoms with Gasteiger partial charge in [-0.05, 0) is 26.2 Å². The van der Waals surface area contributed by atoms with Crippen molar-refractivity contribution in [3.8, 4) is 0 Å². The molecule has 1 unspecified atom stereocenters. The summed E-state index contributed by atoms with van der Waals surface area (Å²) in [6.07, 6.45) is 11.1. The molecule has 8 heteroatoms. The molecule has 1 fully saturated rings. The molecule has 8 nitrogen and oxygen atoms in total. The van der Waals surface area contributed by atoms with Gasteiger partial charge in [0.05, 0.1) is 12.4 Å². The molecule has 1 saturated heterocycles. The number of fused-ring (bicyclic) bond motifs is 1. The molecule has 1 aliphatic carbocycles. The number of amides is 2. The Hall–Kier alpha value is -2.64. The summed E-state index contributed by atoms with van der Waals surface area (Å²) < 4.78 is 1.82. The Morgan fingerprint density at radius 1 is 1.24 bits per heavy atom. The largest absolute Gasteiger partial charge is 0.352 e. The highest BCUT2D eigenvalue weighted by Gasteiger charge is 2.24. The number of urea groups is 1. The molecule has 0 spiro atoms. The van der Waals surface area contributed by atoms with Gasteiger partial charge in [0.1, 0.15) is 5.82 Å². The van der Waals surface area contributed by atoms with Crippen LogP contribution in [0.1, 0.15) is 25.1 Å². The summed E-state index contributed by atoms with van der Waals surface area (Å²) in [6, 6.07) is 0.208. The predicted molar refractivity (Wildman–Crippen MR) is 94.6 cm³/mol. The minimum absolute atomic E-state index is 0.0316. The van der Waals surface area contributed by atoms with E-state index in [0.29, 0.717) is 13.1 Å². The van der Waals surface area contributed by atoms with Crippen molar-refractivity contribution in [3.63, 3.8) is 0 Å². The molecule has 0 aromatic carbocycles. The van der Waals surface area contributed by atoms with Gasteiger partial charge in [0.25, 0.3) is 0 Å². The molecule has 0 saturated carbocycles. The van der Waals surface area contributed by atoms with Crippen molar-refractivity contribution in [2.24, 2.45) is 0 Å². The van der Waals surface area contributed by atoms with Crippen LogP contribution in [0, 0.1) is 6.92 Å². The normalized spacial score (nSPS) is 20.9. The monoisotopic (exact) mass is 341 g/mol. The third kappa shape index (κ3) is 3.29. The minimum Gasteiger partial charge on any atom is -0.352 e. The summed E-state index contributed by atoms with van der Waals surface area (Å²) in [5.41, 5.74) is 0.749. The Bertz CT molecular complexity index is 791. The molecule has 25 heavy (non-hydrogen) atoms. The number of piperazine rings is 1. The van der Waals surface area contributed by atoms with E-state index in [9.17, 15) is 4.79 Å². The number of carbonyl (C=O) groups excluding carboxylic acids is 1. The molecule has 2 aromatic heterocycles. The summed E-state index contributed by atoms with van der Waals surface area (Å²) in [5.74, 6) is 1.65. The molecule has 1 aliphatic heterocycles. The van der Waals surface area contributed by atoms with Gasteiger partial charge in [-0.25, -0.2) is 9.78 Å². The van der Waals surface area contributed by atoms with Gasteiger partial charge >= 0.3 is 6.03 Å². The maximum absolute atomic E-state index is 12.4. The second kappa shape index (κ2) is 6.70. The van der Waals surface area contributed by atoms with E-state index in [1.54, 1.807) is 6.20 Å². The number of aryl methyl sites for hydroxylation is 1. The quantitative estimate of drug-likeness (QED) is 0.835. The van der Waals surface area contributed by atoms with E-state index in [1.807, 2.05) is 22.5 Å². The number of carbonyl (C=O) groups is 1. The van der Waals surface area contributed by atoms with Gasteiger partial charge in [0, 0.05) is 32.2 Å². The molecule has 3 heterocycles. The second-order valence-corrected chi connectivity index (χ2v) is 6.58. The van der Waals surface area contributed by atoms with E-state index in [1.165, 1.54) is 0 Å². The lowest BCUT2D eigenvalue weighted by atomic mass is 10.0. The third-order valence-corrected chi connectivity index (χ3v) is 4.79. The average Bonchev–Trinajstić information content (AvgIpc) is 3.03. The first-order valence-electron chi connectivity index (χ1n) is 8.85. The lowest BCUT2D eigenvalue weighted by Crippen LogP contribution is -2.53. The van der Waals surface area contributed by atoms with Crippen LogP contribution in [0.4, 0.5) is 10.6 Å². The summed E-state index contributed by atoms with van der Waals surface area (Å²) >= 11 is 0. The number of hydrogen-bond donors (Lipinski definition) is 1. The van der Waals surface area contributed by atoms with Crippen LogP contribution in [-0.2, 0) is 0 Å². The summed E-state index contributed by atoms with van der Waals surface area (Å²) in [5, 5.41) is 7.56. The fourth-order valence-electron chi connectivity index (χ4n) is 3.45. The lowest BCUT2D eigenvalue weighted by Gasteiger charge is -2.36. The maximum Gasteiger partial charge on any atom is 0.317 e. The van der Waals surface area contributed by atoms with Crippen LogP contribution in [0.15, 0.2) is 24.5 Å². The van der Waals surface area contributed by atoms with E-state index in [-0.39, 0.29) is 12.1 Å². The first kappa shape index (κ1) is 15.9. The zero-order valence-electron chi connectivity index (χ0n) is 14.4. The van der Waals surface area contributed by atoms with E-state index >= 15 is 0 Å². The highest BCUT2D eigenvalue weighted by atomic mass is 16.2. The number of nitrogens with one attached hydrogen (secondary N) is 1. The molecule has 2 aromatic rings. The number of allylic oxidation sites excluding steroid dienone is 1. The Morgan fingerprint density at radius 3 is 2.84 bits per heavy atom. The van der Waals surface area contributed by atoms with Gasteiger partial charge in [0.15, 0.2) is 11.5 Å². The van der Waals surface area contributed by atoms with Crippen LogP contribution in [0.25, 0.3) is 5.65 Å². The Morgan fingerprint density at radius 2 is 2.08 bits per heavy atom. The summed E-state index contributed by atoms with van der Waals surface area (Å²) in [4.78, 5) is 25.2. The molecular weight excluding hydrogens is 318 g/mol. The van der Waals surface area contributed by atoms with Gasteiger partial charge < -0.3 is 15.1 Å². The predicted octanol–water partition coefficient (Wildman–Crippen LogP) is 1.37. The highest BCUT2D eigenvalue weighted by molar-refractivity contribution is 5.75. The number of nitrogens with zero attached hydrogens (tertiary/aromatic N) is 6. The molecule has 0 bridgehead atoms. The van der Waals surface area contributed by atoms with Crippen LogP contribution in [0.5, 0.6) is 0 Å². The van der Waals surface area contributed by atoms with Gasteiger partial charge in [-0.15, -0.1) is 5.10 Å². The van der Waals surface area contributed by atoms with Crippen LogP contribution < -0.4 is 10.2 Å². The molecule has 132 valence electrons. The molecule has 0 radical (unpaired) electrons. The fourth-order valence-corrected chi connectivity index (χ4v) is 3.45. The minimum atomic E-state index is 0.0316. The lowest BCUT2D eigenvalue weighted by molar-refractivity contribution is 0.191. The Kier molecular flexibility index (Phi) is 4.25. The van der Waals surface area contributed by atoms with Crippen molar-refractivity contribution < 1.29 is 4.79 Å². The van der Waals surface area contributed by atoms with E-state index < -0.39 is 0 Å². The van der Waals surface area contributed by atoms with E-state index in [4.69, 9.17) is 0 Å². The van der Waals surface area contributed by atoms with Crippen LogP contribution in [0.2, 0.25) is 0 Å². The SMILES string of the molecule is Cc1nc2cncc(N3CCN(C(=O)NC4C=CCCC4)CC3)n2n1. The van der Waals surface area contributed by atoms with E-state index in [0.717, 1.165) is 49.6 Å². The van der Waals surface area contributed by atoms with Crippen LogP contribution in [-0.4, -0.2) is 62.7 Å².